The molecule has 0 unspecified atom stereocenters. The molecule has 0 aromatic carbocycles. The molecule has 0 aromatic heterocycles. The SMILES string of the molecule is C\C=C/C(I)=N\C=C/NC=N. The third-order valence-electron chi connectivity index (χ3n) is 0.756. The van der Waals surface area contributed by atoms with Gasteiger partial charge >= 0.3 is 0 Å². The number of aliphatic imine (C=N–C) groups is 1. The molecule has 0 atom stereocenters. The van der Waals surface area contributed by atoms with Crippen LogP contribution in [-0.2, 0) is 0 Å². The molecule has 0 spiro atoms. The summed E-state index contributed by atoms with van der Waals surface area (Å²) >= 11 is 2.12. The van der Waals surface area contributed by atoms with Gasteiger partial charge in [0.2, 0.25) is 0 Å². The number of hydrogen-bond donors (Lipinski definition) is 2. The predicted molar refractivity (Wildman–Crippen MR) is 57.3 cm³/mol. The largest absolute Gasteiger partial charge is 0.352 e. The van der Waals surface area contributed by atoms with Gasteiger partial charge in [0, 0.05) is 12.4 Å². The van der Waals surface area contributed by atoms with E-state index in [2.05, 4.69) is 32.9 Å². The summed E-state index contributed by atoms with van der Waals surface area (Å²) < 4.78 is 0.910. The summed E-state index contributed by atoms with van der Waals surface area (Å²) in [5, 5.41) is 9.19. The zero-order valence-electron chi connectivity index (χ0n) is 6.21. The van der Waals surface area contributed by atoms with Crippen LogP contribution in [0.25, 0.3) is 0 Å². The first-order valence-corrected chi connectivity index (χ1v) is 4.15. The van der Waals surface area contributed by atoms with Gasteiger partial charge < -0.3 is 5.32 Å². The van der Waals surface area contributed by atoms with Crippen molar-refractivity contribution in [1.29, 1.82) is 5.41 Å². The third kappa shape index (κ3) is 7.24. The average Bonchev–Trinajstić information content (AvgIpc) is 1.99. The van der Waals surface area contributed by atoms with Gasteiger partial charge in [-0.15, -0.1) is 0 Å². The van der Waals surface area contributed by atoms with Gasteiger partial charge in [-0.05, 0) is 35.6 Å². The Hall–Kier alpha value is -0.650. The molecule has 60 valence electrons. The quantitative estimate of drug-likeness (QED) is 0.455. The van der Waals surface area contributed by atoms with Gasteiger partial charge in [-0.25, -0.2) is 4.99 Å². The van der Waals surface area contributed by atoms with E-state index in [1.165, 1.54) is 0 Å². The van der Waals surface area contributed by atoms with Crippen LogP contribution < -0.4 is 5.32 Å². The van der Waals surface area contributed by atoms with Gasteiger partial charge in [0.15, 0.2) is 0 Å². The Morgan fingerprint density at radius 2 is 2.36 bits per heavy atom. The van der Waals surface area contributed by atoms with E-state index in [1.807, 2.05) is 19.1 Å². The fraction of sp³-hybridized carbons (Fsp3) is 0.143. The van der Waals surface area contributed by atoms with E-state index in [9.17, 15) is 0 Å². The van der Waals surface area contributed by atoms with Crippen LogP contribution in [-0.4, -0.2) is 10.1 Å². The molecule has 0 amide bonds. The van der Waals surface area contributed by atoms with Crippen LogP contribution in [0.4, 0.5) is 0 Å². The molecule has 0 aliphatic heterocycles. The minimum atomic E-state index is 0.910. The fourth-order valence-corrected chi connectivity index (χ4v) is 0.901. The van der Waals surface area contributed by atoms with Gasteiger partial charge in [-0.1, -0.05) is 6.08 Å². The highest BCUT2D eigenvalue weighted by atomic mass is 127. The van der Waals surface area contributed by atoms with Crippen molar-refractivity contribution >= 4 is 32.6 Å². The van der Waals surface area contributed by atoms with E-state index in [-0.39, 0.29) is 0 Å². The standard InChI is InChI=1S/C7H10IN3/c1-2-3-7(8)11-5-4-10-6-9/h2-6H,1H3,(H2,9,10)/b3-2-,5-4-,11-7+. The minimum Gasteiger partial charge on any atom is -0.352 e. The first-order valence-electron chi connectivity index (χ1n) is 3.07. The summed E-state index contributed by atoms with van der Waals surface area (Å²) in [6, 6.07) is 0. The lowest BCUT2D eigenvalue weighted by molar-refractivity contribution is 1.27. The Morgan fingerprint density at radius 3 is 2.91 bits per heavy atom. The van der Waals surface area contributed by atoms with Crippen LogP contribution in [0.3, 0.4) is 0 Å². The summed E-state index contributed by atoms with van der Waals surface area (Å²) in [7, 11) is 0. The highest BCUT2D eigenvalue weighted by Crippen LogP contribution is 1.93. The van der Waals surface area contributed by atoms with Crippen LogP contribution in [0.15, 0.2) is 29.5 Å². The van der Waals surface area contributed by atoms with E-state index >= 15 is 0 Å². The Morgan fingerprint density at radius 1 is 1.64 bits per heavy atom. The van der Waals surface area contributed by atoms with Crippen molar-refractivity contribution in [2.75, 3.05) is 0 Å². The average molecular weight is 263 g/mol. The van der Waals surface area contributed by atoms with Crippen LogP contribution in [0, 0.1) is 5.41 Å². The second-order valence-electron chi connectivity index (χ2n) is 1.58. The second kappa shape index (κ2) is 7.46. The zero-order valence-corrected chi connectivity index (χ0v) is 8.37. The van der Waals surface area contributed by atoms with Gasteiger partial charge in [0.1, 0.15) is 3.72 Å². The molecule has 0 saturated carbocycles. The Labute approximate surface area is 79.9 Å². The lowest BCUT2D eigenvalue weighted by Crippen LogP contribution is -1.96. The lowest BCUT2D eigenvalue weighted by Gasteiger charge is -1.84. The Kier molecular flexibility index (Phi) is 7.02. The van der Waals surface area contributed by atoms with Gasteiger partial charge in [0.25, 0.3) is 0 Å². The Balaban J connectivity index is 3.80. The molecule has 3 nitrogen and oxygen atoms in total. The molecule has 0 aliphatic carbocycles. The maximum absolute atomic E-state index is 6.62. The Bertz CT molecular complexity index is 194. The zero-order chi connectivity index (χ0) is 8.53. The molecule has 0 saturated heterocycles. The normalized spacial score (nSPS) is 12.7. The molecule has 0 heterocycles. The minimum absolute atomic E-state index is 0.910. The van der Waals surface area contributed by atoms with Crippen LogP contribution in [0.1, 0.15) is 6.92 Å². The maximum Gasteiger partial charge on any atom is 0.101 e. The second-order valence-corrected chi connectivity index (χ2v) is 2.68. The molecule has 2 N–H and O–H groups in total. The predicted octanol–water partition coefficient (Wildman–Crippen LogP) is 2.06. The van der Waals surface area contributed by atoms with Crippen molar-refractivity contribution in [2.24, 2.45) is 4.99 Å². The van der Waals surface area contributed by atoms with E-state index in [0.29, 0.717) is 0 Å². The smallest absolute Gasteiger partial charge is 0.101 e. The number of hydrogen-bond acceptors (Lipinski definition) is 2. The van der Waals surface area contributed by atoms with Crippen LogP contribution >= 0.6 is 22.6 Å². The highest BCUT2D eigenvalue weighted by Gasteiger charge is 1.78. The van der Waals surface area contributed by atoms with Crippen molar-refractivity contribution in [3.8, 4) is 0 Å². The highest BCUT2D eigenvalue weighted by molar-refractivity contribution is 14.1. The fourth-order valence-electron chi connectivity index (χ4n) is 0.380. The van der Waals surface area contributed by atoms with Crippen molar-refractivity contribution in [3.05, 3.63) is 24.6 Å². The number of rotatable bonds is 4. The van der Waals surface area contributed by atoms with Gasteiger partial charge in [-0.2, -0.15) is 0 Å². The molecule has 0 bridgehead atoms. The van der Waals surface area contributed by atoms with Crippen molar-refractivity contribution in [1.82, 2.24) is 5.32 Å². The van der Waals surface area contributed by atoms with Gasteiger partial charge in [-0.3, -0.25) is 5.41 Å². The van der Waals surface area contributed by atoms with E-state index in [4.69, 9.17) is 5.41 Å². The number of nitrogens with one attached hydrogen (secondary N) is 2. The number of halogens is 1. The van der Waals surface area contributed by atoms with E-state index in [0.717, 1.165) is 10.1 Å². The molecule has 0 rings (SSSR count). The lowest BCUT2D eigenvalue weighted by atomic mass is 10.6. The molecule has 0 aromatic rings. The van der Waals surface area contributed by atoms with Crippen molar-refractivity contribution < 1.29 is 0 Å². The summed E-state index contributed by atoms with van der Waals surface area (Å²) in [6.45, 7) is 1.94. The molecule has 11 heavy (non-hydrogen) atoms. The third-order valence-corrected chi connectivity index (χ3v) is 1.39. The summed E-state index contributed by atoms with van der Waals surface area (Å²) in [4.78, 5) is 4.02. The van der Waals surface area contributed by atoms with Crippen molar-refractivity contribution in [2.45, 2.75) is 6.92 Å². The van der Waals surface area contributed by atoms with Gasteiger partial charge in [0.05, 0.1) is 6.34 Å². The molecule has 4 heteroatoms. The summed E-state index contributed by atoms with van der Waals surface area (Å²) in [5.41, 5.74) is 0. The first-order chi connectivity index (χ1) is 5.31. The number of allylic oxidation sites excluding steroid dienone is 2. The summed E-state index contributed by atoms with van der Waals surface area (Å²) in [6.07, 6.45) is 8.11. The van der Waals surface area contributed by atoms with E-state index in [1.54, 1.807) is 12.4 Å². The topological polar surface area (TPSA) is 48.2 Å². The molecule has 0 aliphatic rings. The van der Waals surface area contributed by atoms with E-state index < -0.39 is 0 Å². The summed E-state index contributed by atoms with van der Waals surface area (Å²) in [5.74, 6) is 0. The molecular formula is C7H10IN3. The molecular weight excluding hydrogens is 253 g/mol. The monoisotopic (exact) mass is 263 g/mol. The van der Waals surface area contributed by atoms with Crippen LogP contribution in [0.2, 0.25) is 0 Å². The first kappa shape index (κ1) is 10.3. The molecule has 0 radical (unpaired) electrons. The van der Waals surface area contributed by atoms with Crippen molar-refractivity contribution in [3.63, 3.8) is 0 Å². The molecule has 0 fully saturated rings. The number of nitrogens with zero attached hydrogens (tertiary/aromatic N) is 1. The van der Waals surface area contributed by atoms with Crippen LogP contribution in [0.5, 0.6) is 0 Å². The maximum atomic E-state index is 6.62.